The maximum atomic E-state index is 9.51. The Morgan fingerprint density at radius 2 is 1.62 bits per heavy atom. The van der Waals surface area contributed by atoms with E-state index >= 15 is 0 Å². The number of hydrogen-bond acceptors (Lipinski definition) is 1. The molecule has 4 aromatic rings. The van der Waals surface area contributed by atoms with Crippen molar-refractivity contribution in [1.29, 1.82) is 5.26 Å². The third kappa shape index (κ3) is 2.89. The lowest BCUT2D eigenvalue weighted by Gasteiger charge is -2.17. The van der Waals surface area contributed by atoms with Gasteiger partial charge in [-0.15, -0.1) is 0 Å². The highest BCUT2D eigenvalue weighted by atomic mass is 14.7. The van der Waals surface area contributed by atoms with E-state index in [4.69, 9.17) is 0 Å². The van der Waals surface area contributed by atoms with Crippen LogP contribution in [0.4, 0.5) is 0 Å². The minimum atomic E-state index is 0.0351. The molecule has 4 rings (SSSR count). The fourth-order valence-electron chi connectivity index (χ4n) is 3.69. The zero-order valence-electron chi connectivity index (χ0n) is 14.7. The van der Waals surface area contributed by atoms with Crippen LogP contribution < -0.4 is 0 Å². The molecule has 1 atom stereocenters. The van der Waals surface area contributed by atoms with E-state index in [0.29, 0.717) is 6.42 Å². The molecule has 0 saturated carbocycles. The number of aromatic amines is 1. The average molecular weight is 336 g/mol. The second kappa shape index (κ2) is 6.90. The van der Waals surface area contributed by atoms with E-state index in [0.717, 1.165) is 16.8 Å². The number of hydrogen-bond donors (Lipinski definition) is 1. The predicted molar refractivity (Wildman–Crippen MR) is 107 cm³/mol. The smallest absolute Gasteiger partial charge is 0.0631 e. The number of aromatic nitrogens is 1. The number of H-pyrrole nitrogens is 1. The summed E-state index contributed by atoms with van der Waals surface area (Å²) in [4.78, 5) is 3.62. The van der Waals surface area contributed by atoms with Gasteiger partial charge in [-0.3, -0.25) is 0 Å². The topological polar surface area (TPSA) is 39.6 Å². The molecule has 3 aromatic carbocycles. The largest absolute Gasteiger partial charge is 0.354 e. The van der Waals surface area contributed by atoms with Crippen molar-refractivity contribution in [2.24, 2.45) is 0 Å². The summed E-state index contributed by atoms with van der Waals surface area (Å²) in [6, 6.07) is 29.6. The molecule has 0 aliphatic heterocycles. The van der Waals surface area contributed by atoms with Gasteiger partial charge in [0.15, 0.2) is 0 Å². The highest BCUT2D eigenvalue weighted by Gasteiger charge is 2.23. The van der Waals surface area contributed by atoms with Crippen molar-refractivity contribution < 1.29 is 0 Å². The normalized spacial score (nSPS) is 12.0. The van der Waals surface area contributed by atoms with Crippen molar-refractivity contribution >= 4 is 10.9 Å². The fourth-order valence-corrected chi connectivity index (χ4v) is 3.69. The standard InChI is InChI=1S/C24H20N2/c1-17-12-13-21-22(16-17)26-24(19-10-6-3-7-11-19)23(21)20(14-15-25)18-8-4-2-5-9-18/h2-13,16,20,26H,14H2,1H3/t20-/m0/s1. The lowest BCUT2D eigenvalue weighted by atomic mass is 9.85. The number of nitrogens with zero attached hydrogens (tertiary/aromatic N) is 1. The molecule has 0 bridgehead atoms. The summed E-state index contributed by atoms with van der Waals surface area (Å²) in [5, 5.41) is 10.7. The highest BCUT2D eigenvalue weighted by Crippen LogP contribution is 2.40. The van der Waals surface area contributed by atoms with Crippen molar-refractivity contribution in [1.82, 2.24) is 4.98 Å². The Labute approximate surface area is 153 Å². The van der Waals surface area contributed by atoms with Gasteiger partial charge in [-0.2, -0.15) is 5.26 Å². The van der Waals surface area contributed by atoms with Crippen LogP contribution in [0.2, 0.25) is 0 Å². The molecule has 0 radical (unpaired) electrons. The van der Waals surface area contributed by atoms with Gasteiger partial charge in [-0.1, -0.05) is 72.8 Å². The summed E-state index contributed by atoms with van der Waals surface area (Å²) in [5.74, 6) is 0.0351. The van der Waals surface area contributed by atoms with Gasteiger partial charge >= 0.3 is 0 Å². The second-order valence-electron chi connectivity index (χ2n) is 6.65. The van der Waals surface area contributed by atoms with Gasteiger partial charge in [0.2, 0.25) is 0 Å². The van der Waals surface area contributed by atoms with E-state index in [1.54, 1.807) is 0 Å². The van der Waals surface area contributed by atoms with Crippen LogP contribution in [0.15, 0.2) is 78.9 Å². The number of nitrogens with one attached hydrogen (secondary N) is 1. The molecule has 2 nitrogen and oxygen atoms in total. The van der Waals surface area contributed by atoms with Crippen LogP contribution in [-0.4, -0.2) is 4.98 Å². The SMILES string of the molecule is Cc1ccc2c([C@@H](CC#N)c3ccccc3)c(-c3ccccc3)[nH]c2c1. The minimum Gasteiger partial charge on any atom is -0.354 e. The maximum Gasteiger partial charge on any atom is 0.0631 e. The summed E-state index contributed by atoms with van der Waals surface area (Å²) in [7, 11) is 0. The van der Waals surface area contributed by atoms with Crippen LogP contribution in [-0.2, 0) is 0 Å². The van der Waals surface area contributed by atoms with Crippen LogP contribution in [0.25, 0.3) is 22.2 Å². The van der Waals surface area contributed by atoms with Crippen molar-refractivity contribution in [3.63, 3.8) is 0 Å². The van der Waals surface area contributed by atoms with E-state index in [-0.39, 0.29) is 5.92 Å². The van der Waals surface area contributed by atoms with Gasteiger partial charge in [-0.05, 0) is 35.2 Å². The first-order valence-corrected chi connectivity index (χ1v) is 8.87. The van der Waals surface area contributed by atoms with E-state index < -0.39 is 0 Å². The van der Waals surface area contributed by atoms with Crippen LogP contribution in [0.3, 0.4) is 0 Å². The molecule has 26 heavy (non-hydrogen) atoms. The quantitative estimate of drug-likeness (QED) is 0.474. The number of rotatable bonds is 4. The predicted octanol–water partition coefficient (Wildman–Crippen LogP) is 6.19. The Hall–Kier alpha value is -3.31. The number of nitriles is 1. The molecular formula is C24H20N2. The second-order valence-corrected chi connectivity index (χ2v) is 6.65. The molecule has 0 spiro atoms. The minimum absolute atomic E-state index is 0.0351. The first-order chi connectivity index (χ1) is 12.8. The Balaban J connectivity index is 2.01. The first-order valence-electron chi connectivity index (χ1n) is 8.87. The molecule has 0 aliphatic rings. The summed E-state index contributed by atoms with van der Waals surface area (Å²) in [5.41, 5.74) is 6.98. The van der Waals surface area contributed by atoms with Crippen molar-refractivity contribution in [3.8, 4) is 17.3 Å². The molecule has 2 heteroatoms. The molecule has 0 unspecified atom stereocenters. The Kier molecular flexibility index (Phi) is 4.29. The average Bonchev–Trinajstić information content (AvgIpc) is 3.05. The lowest BCUT2D eigenvalue weighted by Crippen LogP contribution is -2.01. The number of fused-ring (bicyclic) bond motifs is 1. The molecule has 1 N–H and O–H groups in total. The zero-order valence-corrected chi connectivity index (χ0v) is 14.7. The van der Waals surface area contributed by atoms with E-state index in [1.165, 1.54) is 22.1 Å². The molecule has 126 valence electrons. The Morgan fingerprint density at radius 3 is 2.31 bits per heavy atom. The van der Waals surface area contributed by atoms with Gasteiger partial charge in [0.1, 0.15) is 0 Å². The maximum absolute atomic E-state index is 9.51. The first kappa shape index (κ1) is 16.2. The van der Waals surface area contributed by atoms with Crippen molar-refractivity contribution in [3.05, 3.63) is 95.6 Å². The van der Waals surface area contributed by atoms with Crippen molar-refractivity contribution in [2.75, 3.05) is 0 Å². The highest BCUT2D eigenvalue weighted by molar-refractivity contribution is 5.92. The summed E-state index contributed by atoms with van der Waals surface area (Å²) < 4.78 is 0. The van der Waals surface area contributed by atoms with Gasteiger partial charge in [0.05, 0.1) is 11.8 Å². The van der Waals surface area contributed by atoms with Crippen LogP contribution >= 0.6 is 0 Å². The molecule has 0 amide bonds. The van der Waals surface area contributed by atoms with E-state index in [1.807, 2.05) is 24.3 Å². The molecule has 0 fully saturated rings. The van der Waals surface area contributed by atoms with Gasteiger partial charge in [-0.25, -0.2) is 0 Å². The van der Waals surface area contributed by atoms with Crippen LogP contribution in [0.1, 0.15) is 29.0 Å². The fraction of sp³-hybridized carbons (Fsp3) is 0.125. The lowest BCUT2D eigenvalue weighted by molar-refractivity contribution is 0.848. The van der Waals surface area contributed by atoms with Gasteiger partial charge in [0.25, 0.3) is 0 Å². The molecule has 1 heterocycles. The van der Waals surface area contributed by atoms with E-state index in [2.05, 4.69) is 72.6 Å². The Bertz CT molecular complexity index is 1070. The third-order valence-electron chi connectivity index (χ3n) is 4.90. The molecule has 0 aliphatic carbocycles. The molecule has 1 aromatic heterocycles. The van der Waals surface area contributed by atoms with Crippen LogP contribution in [0, 0.1) is 18.3 Å². The Morgan fingerprint density at radius 1 is 0.923 bits per heavy atom. The third-order valence-corrected chi connectivity index (χ3v) is 4.90. The van der Waals surface area contributed by atoms with Gasteiger partial charge in [0, 0.05) is 23.2 Å². The zero-order chi connectivity index (χ0) is 17.9. The molecule has 0 saturated heterocycles. The summed E-state index contributed by atoms with van der Waals surface area (Å²) >= 11 is 0. The molecular weight excluding hydrogens is 316 g/mol. The number of benzene rings is 3. The monoisotopic (exact) mass is 336 g/mol. The number of aryl methyl sites for hydroxylation is 1. The summed E-state index contributed by atoms with van der Waals surface area (Å²) in [6.07, 6.45) is 0.449. The summed E-state index contributed by atoms with van der Waals surface area (Å²) in [6.45, 7) is 2.10. The van der Waals surface area contributed by atoms with Gasteiger partial charge < -0.3 is 4.98 Å². The van der Waals surface area contributed by atoms with Crippen molar-refractivity contribution in [2.45, 2.75) is 19.3 Å². The van der Waals surface area contributed by atoms with E-state index in [9.17, 15) is 5.26 Å². The van der Waals surface area contributed by atoms with Crippen LogP contribution in [0.5, 0.6) is 0 Å².